The van der Waals surface area contributed by atoms with Crippen molar-refractivity contribution in [2.24, 2.45) is 0 Å². The van der Waals surface area contributed by atoms with E-state index in [1.54, 1.807) is 7.11 Å². The molecule has 0 radical (unpaired) electrons. The summed E-state index contributed by atoms with van der Waals surface area (Å²) in [6, 6.07) is 0. The van der Waals surface area contributed by atoms with E-state index >= 15 is 0 Å². The fourth-order valence-corrected chi connectivity index (χ4v) is 3.14. The van der Waals surface area contributed by atoms with Crippen LogP contribution in [0.15, 0.2) is 0 Å². The largest absolute Gasteiger partial charge is 1.00 e. The Morgan fingerprint density at radius 1 is 1.45 bits per heavy atom. The van der Waals surface area contributed by atoms with Gasteiger partial charge < -0.3 is 9.29 Å². The third-order valence-electron chi connectivity index (χ3n) is 2.72. The maximum atomic E-state index is 10.5. The monoisotopic (exact) mass is 184 g/mol. The standard InChI is InChI=1S/C6H10O3S.Na/c1-9-5-2-6(3-5,4-5)10(7)8;/h2-4H2,1H3,(H,7,8);/q;+1/p-1. The number of hydrogen-bond acceptors (Lipinski definition) is 3. The topological polar surface area (TPSA) is 49.4 Å². The molecule has 1 atom stereocenters. The van der Waals surface area contributed by atoms with Gasteiger partial charge in [-0.3, -0.25) is 4.21 Å². The zero-order valence-corrected chi connectivity index (χ0v) is 9.57. The molecule has 3 saturated carbocycles. The molecular weight excluding hydrogens is 175 g/mol. The summed E-state index contributed by atoms with van der Waals surface area (Å²) in [4.78, 5) is 0. The van der Waals surface area contributed by atoms with Crippen molar-refractivity contribution in [3.05, 3.63) is 0 Å². The molecule has 5 heteroatoms. The molecule has 3 aliphatic carbocycles. The van der Waals surface area contributed by atoms with Crippen LogP contribution in [0.2, 0.25) is 0 Å². The van der Waals surface area contributed by atoms with Gasteiger partial charge in [0.25, 0.3) is 0 Å². The molecule has 0 N–H and O–H groups in total. The van der Waals surface area contributed by atoms with Gasteiger partial charge in [0.05, 0.1) is 5.60 Å². The summed E-state index contributed by atoms with van der Waals surface area (Å²) in [5.41, 5.74) is -0.0416. The minimum atomic E-state index is -1.88. The molecule has 3 nitrogen and oxygen atoms in total. The number of rotatable bonds is 2. The number of methoxy groups -OCH3 is 1. The molecule has 0 aromatic carbocycles. The molecule has 58 valence electrons. The van der Waals surface area contributed by atoms with Crippen LogP contribution in [0.4, 0.5) is 0 Å². The molecule has 0 amide bonds. The van der Waals surface area contributed by atoms with Crippen LogP contribution >= 0.6 is 0 Å². The first kappa shape index (κ1) is 10.2. The Kier molecular flexibility index (Phi) is 2.57. The summed E-state index contributed by atoms with van der Waals surface area (Å²) in [7, 11) is 1.65. The minimum absolute atomic E-state index is 0. The van der Waals surface area contributed by atoms with Gasteiger partial charge >= 0.3 is 29.6 Å². The number of hydrogen-bond donors (Lipinski definition) is 0. The van der Waals surface area contributed by atoms with Crippen molar-refractivity contribution < 1.29 is 43.1 Å². The van der Waals surface area contributed by atoms with Crippen LogP contribution < -0.4 is 29.6 Å². The molecule has 3 fully saturated rings. The third-order valence-corrected chi connectivity index (χ3v) is 3.86. The smallest absolute Gasteiger partial charge is 0.772 e. The zero-order valence-electron chi connectivity index (χ0n) is 6.75. The van der Waals surface area contributed by atoms with Crippen molar-refractivity contribution in [3.8, 4) is 0 Å². The summed E-state index contributed by atoms with van der Waals surface area (Å²) in [6.45, 7) is 0. The van der Waals surface area contributed by atoms with Gasteiger partial charge in [-0.25, -0.2) is 0 Å². The van der Waals surface area contributed by atoms with Gasteiger partial charge in [-0.1, -0.05) is 0 Å². The Bertz CT molecular complexity index is 186. The Balaban J connectivity index is 0.000000605. The van der Waals surface area contributed by atoms with Gasteiger partial charge in [0, 0.05) is 11.9 Å². The average molecular weight is 184 g/mol. The summed E-state index contributed by atoms with van der Waals surface area (Å²) in [6.07, 6.45) is 2.14. The third kappa shape index (κ3) is 1.16. The second kappa shape index (κ2) is 2.79. The van der Waals surface area contributed by atoms with Gasteiger partial charge in [0.15, 0.2) is 0 Å². The molecular formula is C6H9NaO3S. The van der Waals surface area contributed by atoms with Gasteiger partial charge in [-0.05, 0) is 30.3 Å². The van der Waals surface area contributed by atoms with E-state index < -0.39 is 11.1 Å². The molecule has 3 aliphatic rings. The van der Waals surface area contributed by atoms with E-state index in [1.165, 1.54) is 0 Å². The minimum Gasteiger partial charge on any atom is -0.772 e. The quantitative estimate of drug-likeness (QED) is 0.344. The molecule has 0 aromatic heterocycles. The Morgan fingerprint density at radius 3 is 2.18 bits per heavy atom. The van der Waals surface area contributed by atoms with Gasteiger partial charge in [-0.2, -0.15) is 0 Å². The van der Waals surface area contributed by atoms with Gasteiger partial charge in [0.1, 0.15) is 0 Å². The Labute approximate surface area is 90.5 Å². The van der Waals surface area contributed by atoms with Crippen molar-refractivity contribution in [2.45, 2.75) is 29.6 Å². The van der Waals surface area contributed by atoms with Gasteiger partial charge in [0.2, 0.25) is 0 Å². The molecule has 0 saturated heterocycles. The predicted molar refractivity (Wildman–Crippen MR) is 35.2 cm³/mol. The van der Waals surface area contributed by atoms with E-state index in [2.05, 4.69) is 0 Å². The van der Waals surface area contributed by atoms with Crippen LogP contribution in [0, 0.1) is 0 Å². The van der Waals surface area contributed by atoms with E-state index in [-0.39, 0.29) is 39.9 Å². The Hall–Kier alpha value is 1.07. The van der Waals surface area contributed by atoms with E-state index in [0.29, 0.717) is 19.3 Å². The van der Waals surface area contributed by atoms with E-state index in [4.69, 9.17) is 4.74 Å². The van der Waals surface area contributed by atoms with Crippen LogP contribution in [0.25, 0.3) is 0 Å². The van der Waals surface area contributed by atoms with E-state index in [1.807, 2.05) is 0 Å². The molecule has 2 bridgehead atoms. The van der Waals surface area contributed by atoms with Crippen molar-refractivity contribution in [2.75, 3.05) is 7.11 Å². The van der Waals surface area contributed by atoms with Gasteiger partial charge in [-0.15, -0.1) is 0 Å². The van der Waals surface area contributed by atoms with Crippen molar-refractivity contribution in [1.82, 2.24) is 0 Å². The molecule has 0 aliphatic heterocycles. The Morgan fingerprint density at radius 2 is 1.91 bits per heavy atom. The maximum Gasteiger partial charge on any atom is 1.00 e. The number of ether oxygens (including phenoxy) is 1. The summed E-state index contributed by atoms with van der Waals surface area (Å²) in [5, 5.41) is 0. The molecule has 0 spiro atoms. The van der Waals surface area contributed by atoms with Crippen LogP contribution in [0.1, 0.15) is 19.3 Å². The summed E-state index contributed by atoms with van der Waals surface area (Å²) in [5.74, 6) is 0. The molecule has 11 heavy (non-hydrogen) atoms. The maximum absolute atomic E-state index is 10.5. The molecule has 1 unspecified atom stereocenters. The molecule has 3 rings (SSSR count). The van der Waals surface area contributed by atoms with Crippen LogP contribution in [-0.4, -0.2) is 26.2 Å². The zero-order chi connectivity index (χ0) is 7.41. The molecule has 0 heterocycles. The fourth-order valence-electron chi connectivity index (χ4n) is 2.00. The van der Waals surface area contributed by atoms with Crippen LogP contribution in [0.3, 0.4) is 0 Å². The first-order valence-electron chi connectivity index (χ1n) is 3.27. The summed E-state index contributed by atoms with van der Waals surface area (Å²) >= 11 is -1.88. The first-order chi connectivity index (χ1) is 4.63. The second-order valence-electron chi connectivity index (χ2n) is 3.34. The van der Waals surface area contributed by atoms with Crippen molar-refractivity contribution in [3.63, 3.8) is 0 Å². The van der Waals surface area contributed by atoms with Crippen LogP contribution in [0.5, 0.6) is 0 Å². The molecule has 0 aromatic rings. The van der Waals surface area contributed by atoms with E-state index in [0.717, 1.165) is 0 Å². The van der Waals surface area contributed by atoms with Crippen molar-refractivity contribution >= 4 is 11.1 Å². The van der Waals surface area contributed by atoms with Crippen LogP contribution in [-0.2, 0) is 15.8 Å². The fraction of sp³-hybridized carbons (Fsp3) is 1.00. The average Bonchev–Trinajstić information content (AvgIpc) is 1.57. The van der Waals surface area contributed by atoms with Crippen molar-refractivity contribution in [1.29, 1.82) is 0 Å². The van der Waals surface area contributed by atoms with E-state index in [9.17, 15) is 8.76 Å². The second-order valence-corrected chi connectivity index (χ2v) is 4.67. The first-order valence-corrected chi connectivity index (χ1v) is 4.35. The predicted octanol–water partition coefficient (Wildman–Crippen LogP) is -2.81. The normalized spacial score (nSPS) is 48.2. The SMILES string of the molecule is COC12CC(S(=O)[O-])(C1)C2.[Na+]. The summed E-state index contributed by atoms with van der Waals surface area (Å²) < 4.78 is 25.9.